The Morgan fingerprint density at radius 2 is 0.856 bits per heavy atom. The van der Waals surface area contributed by atoms with Crippen LogP contribution in [0.3, 0.4) is 0 Å². The van der Waals surface area contributed by atoms with Gasteiger partial charge < -0.3 is 115 Å². The topological polar surface area (TPSA) is 511 Å². The Morgan fingerprint density at radius 3 is 1.25 bits per heavy atom. The van der Waals surface area contributed by atoms with Gasteiger partial charge in [-0.1, -0.05) is 89.3 Å². The summed E-state index contributed by atoms with van der Waals surface area (Å²) in [7, 11) is 3.79. The molecule has 16 aromatic rings. The predicted octanol–water partition coefficient (Wildman–Crippen LogP) is 14.0. The number of benzene rings is 6. The number of aryl methyl sites for hydroxylation is 10. The molecule has 2 fully saturated rings. The van der Waals surface area contributed by atoms with Crippen LogP contribution in [0.1, 0.15) is 152 Å². The van der Waals surface area contributed by atoms with Crippen molar-refractivity contribution in [2.45, 2.75) is 184 Å². The van der Waals surface area contributed by atoms with Crippen LogP contribution >= 0.6 is 11.3 Å². The summed E-state index contributed by atoms with van der Waals surface area (Å²) >= 11 is 1.71. The molecule has 146 heavy (non-hydrogen) atoms. The molecule has 0 bridgehead atoms. The molecule has 0 saturated carbocycles. The fourth-order valence-electron chi connectivity index (χ4n) is 18.3. The first-order chi connectivity index (χ1) is 69.8. The second-order valence-electron chi connectivity index (χ2n) is 36.9. The molecule has 12 heterocycles. The molecule has 10 aromatic heterocycles. The van der Waals surface area contributed by atoms with Gasteiger partial charge >= 0.3 is 0 Å². The highest BCUT2D eigenvalue weighted by Gasteiger charge is 2.34. The Bertz CT molecular complexity index is 7030. The lowest BCUT2D eigenvalue weighted by Gasteiger charge is -2.43. The van der Waals surface area contributed by atoms with Gasteiger partial charge in [0.2, 0.25) is 11.8 Å². The number of phenols is 6. The van der Waals surface area contributed by atoms with Gasteiger partial charge in [-0.2, -0.15) is 10.2 Å². The number of aliphatic hydroxyl groups excluding tert-OH is 2. The van der Waals surface area contributed by atoms with Crippen molar-refractivity contribution >= 4 is 45.2 Å². The highest BCUT2D eigenvalue weighted by molar-refractivity contribution is 7.15. The molecule has 38 heteroatoms. The van der Waals surface area contributed by atoms with Crippen molar-refractivity contribution in [2.24, 2.45) is 37.0 Å². The zero-order valence-corrected chi connectivity index (χ0v) is 85.4. The summed E-state index contributed by atoms with van der Waals surface area (Å²) in [5, 5.41) is 101. The van der Waals surface area contributed by atoms with Gasteiger partial charge in [-0.3, -0.25) is 19.0 Å². The quantitative estimate of drug-likeness (QED) is 0.0186. The molecule has 2 amide bonds. The molecule has 4 atom stereocenters. The Labute approximate surface area is 852 Å². The van der Waals surface area contributed by atoms with Crippen molar-refractivity contribution in [3.8, 4) is 57.1 Å². The first-order valence-corrected chi connectivity index (χ1v) is 49.0. The number of aromatic hydroxyl groups is 6. The van der Waals surface area contributed by atoms with Gasteiger partial charge in [0.15, 0.2) is 5.76 Å². The van der Waals surface area contributed by atoms with E-state index >= 15 is 0 Å². The normalized spacial score (nSPS) is 13.8. The van der Waals surface area contributed by atoms with E-state index in [2.05, 4.69) is 87.9 Å². The van der Waals surface area contributed by atoms with Crippen LogP contribution in [0.25, 0.3) is 22.6 Å². The average molecular weight is 2010 g/mol. The van der Waals surface area contributed by atoms with Crippen LogP contribution in [-0.2, 0) is 88.4 Å². The second kappa shape index (κ2) is 49.7. The van der Waals surface area contributed by atoms with Crippen molar-refractivity contribution in [3.63, 3.8) is 0 Å². The van der Waals surface area contributed by atoms with Crippen LogP contribution in [0.5, 0.6) is 34.5 Å². The van der Waals surface area contributed by atoms with E-state index in [-0.39, 0.29) is 58.4 Å². The van der Waals surface area contributed by atoms with Crippen molar-refractivity contribution in [1.82, 2.24) is 78.2 Å². The first kappa shape index (κ1) is 107. The molecule has 0 spiro atoms. The van der Waals surface area contributed by atoms with Crippen LogP contribution in [0.15, 0.2) is 234 Å². The Kier molecular flexibility index (Phi) is 36.4. The maximum absolute atomic E-state index is 11.3. The number of allylic oxidation sites excluding steroid dienone is 2. The Hall–Kier alpha value is -16.2. The average Bonchev–Trinajstić information content (AvgIpc) is 1.59. The summed E-state index contributed by atoms with van der Waals surface area (Å²) in [5.41, 5.74) is 45.4. The third-order valence-electron chi connectivity index (χ3n) is 25.1. The number of amides is 2. The number of aromatic nitrogens is 16. The van der Waals surface area contributed by atoms with Crippen LogP contribution in [0.4, 0.5) is 22.1 Å². The molecular formula is C108H132N24O13S. The van der Waals surface area contributed by atoms with Gasteiger partial charge in [0.25, 0.3) is 0 Å². The van der Waals surface area contributed by atoms with E-state index in [1.807, 2.05) is 179 Å². The third kappa shape index (κ3) is 28.9. The summed E-state index contributed by atoms with van der Waals surface area (Å²) < 4.78 is 27.5. The number of nitrogens with zero attached hydrogens (tertiary/aromatic N) is 20. The van der Waals surface area contributed by atoms with Crippen molar-refractivity contribution in [2.75, 3.05) is 58.9 Å². The van der Waals surface area contributed by atoms with E-state index in [1.54, 1.807) is 134 Å². The number of piperazine rings is 2. The molecule has 6 aromatic carbocycles. The van der Waals surface area contributed by atoms with E-state index in [4.69, 9.17) is 36.5 Å². The van der Waals surface area contributed by atoms with Gasteiger partial charge in [-0.05, 0) is 189 Å². The lowest BCUT2D eigenvalue weighted by atomic mass is 10.0. The number of rotatable bonds is 32. The van der Waals surface area contributed by atoms with Crippen molar-refractivity contribution in [3.05, 3.63) is 333 Å². The zero-order chi connectivity index (χ0) is 105. The van der Waals surface area contributed by atoms with E-state index in [0.29, 0.717) is 108 Å². The number of imidazole rings is 4. The fraction of sp³-hybridized carbons (Fsp3) is 0.333. The highest BCUT2D eigenvalue weighted by Crippen LogP contribution is 2.38. The SMILES string of the molecule is C=C(N)Cc1c(Cc2c(C)noc2C)ncn1Cc1cccc(O)c1.C=C(N)Cc1c(Cc2ccnn2C)ncn1Cc1cccc(O)c1.CC(O)Cc1c(-c2ccnn2C)ncn1Cc1cccc(O)c1.Cc1nc(C)c(N2CCN(c3cccc(O)c3)C(CCC(N)=O)C2)s1.Cc1noc(C)c1-c1ncn(Cc2cccc(O)c2)c1CC(C)O.Cc1noc(C)c1N1CCN(c2cccc(O)c2)C(CCC(N)=O)C1. The summed E-state index contributed by atoms with van der Waals surface area (Å²) in [6.07, 6.45) is 15.1. The lowest BCUT2D eigenvalue weighted by molar-refractivity contribution is -0.119. The molecule has 0 aliphatic carbocycles. The maximum Gasteiger partial charge on any atom is 0.217 e. The number of nitrogens with two attached hydrogens (primary N) is 4. The van der Waals surface area contributed by atoms with Gasteiger partial charge in [0.1, 0.15) is 68.1 Å². The van der Waals surface area contributed by atoms with Crippen molar-refractivity contribution < 1.29 is 64.0 Å². The number of primary amides is 2. The lowest BCUT2D eigenvalue weighted by Crippen LogP contribution is -2.54. The number of anilines is 4. The summed E-state index contributed by atoms with van der Waals surface area (Å²) in [4.78, 5) is 54.4. The molecular weight excluding hydrogens is 1870 g/mol. The Balaban J connectivity index is 0.000000147. The smallest absolute Gasteiger partial charge is 0.217 e. The monoisotopic (exact) mass is 2010 g/mol. The molecule has 2 aliphatic heterocycles. The van der Waals surface area contributed by atoms with Crippen LogP contribution in [0, 0.1) is 55.4 Å². The first-order valence-electron chi connectivity index (χ1n) is 48.2. The third-order valence-corrected chi connectivity index (χ3v) is 26.3. The standard InChI is InChI=1S/C19H22N4O2.C18H21N5O.C18H24N4O3.C18H24N4O2S.C18H21N3O3.C17H20N4O2/c1-12(20)7-19-18(9-17-13(2)22-25-14(17)3)21-11-23(19)10-15-5-4-6-16(24)8-15;1-13(19)8-18-17(10-15-6-7-21-22(15)2)20-12-23(18)11-14-4-3-5-16(24)9-14;1-12-18(13(2)25-20-12)21-8-9-22(14-4-3-5-16(23)10-14)15(11-21)6-7-17(19)24;1-12-18(25-13(2)20-12)21-8-9-22(14-4-3-5-16(23)10-14)15(11-21)6-7-17(19)24;1-11(22)7-16-18(17-12(2)20-24-13(17)3)19-10-21(16)9-14-5-4-6-15(23)8-14;1-12(22)8-16-17(15-6-7-19-20(15)2)18-11-21(16)10-13-4-3-5-14(23)9-13/h4-6,8,11,24H,1,7,9-10,20H2,2-3H3;3-7,9,12,24H,1,8,10-11,19H2,2H3;2*3-5,10,15,23H,6-9,11H2,1-2H3,(H2,19,24);4-6,8,10-11,22-23H,7,9H2,1-3H3;3-7,9,11-12,22-23H,8,10H2,1-2H3. The number of phenolic OH excluding ortho intramolecular Hbond substituents is 6. The summed E-state index contributed by atoms with van der Waals surface area (Å²) in [6.45, 7) is 33.9. The number of aliphatic hydroxyl groups is 2. The molecule has 2 aliphatic rings. The van der Waals surface area contributed by atoms with Gasteiger partial charge in [-0.25, -0.2) is 24.9 Å². The molecule has 0 radical (unpaired) electrons. The largest absolute Gasteiger partial charge is 0.508 e. The number of carbonyl (C=O) groups excluding carboxylic acids is 2. The highest BCUT2D eigenvalue weighted by atomic mass is 32.1. The van der Waals surface area contributed by atoms with E-state index < -0.39 is 12.2 Å². The molecule has 16 N–H and O–H groups in total. The summed E-state index contributed by atoms with van der Waals surface area (Å²) in [5.74, 6) is 3.20. The fourth-order valence-corrected chi connectivity index (χ4v) is 19.2. The molecule has 18 rings (SSSR count). The van der Waals surface area contributed by atoms with E-state index in [1.165, 1.54) is 5.00 Å². The molecule has 768 valence electrons. The van der Waals surface area contributed by atoms with Gasteiger partial charge in [0.05, 0.1) is 87.9 Å². The minimum absolute atomic E-state index is 0.108. The second-order valence-corrected chi connectivity index (χ2v) is 38.1. The number of hydrogen-bond donors (Lipinski definition) is 12. The predicted molar refractivity (Wildman–Crippen MR) is 562 cm³/mol. The van der Waals surface area contributed by atoms with E-state index in [0.717, 1.165) is 186 Å². The Morgan fingerprint density at radius 1 is 0.452 bits per heavy atom. The minimum Gasteiger partial charge on any atom is -0.508 e. The zero-order valence-electron chi connectivity index (χ0n) is 84.6. The van der Waals surface area contributed by atoms with Crippen molar-refractivity contribution in [1.29, 1.82) is 0 Å². The number of thiazole rings is 1. The van der Waals surface area contributed by atoms with Gasteiger partial charge in [-0.15, -0.1) is 11.3 Å². The summed E-state index contributed by atoms with van der Waals surface area (Å²) in [6, 6.07) is 47.3. The number of carbonyl (C=O) groups is 2. The maximum atomic E-state index is 11.3. The van der Waals surface area contributed by atoms with Crippen LogP contribution in [-0.4, -0.2) is 194 Å². The molecule has 37 nitrogen and oxygen atoms in total. The minimum atomic E-state index is -0.496. The van der Waals surface area contributed by atoms with Crippen LogP contribution in [0.2, 0.25) is 0 Å². The van der Waals surface area contributed by atoms with Gasteiger partial charge in [0, 0.05) is 224 Å². The molecule has 2 saturated heterocycles. The van der Waals surface area contributed by atoms with Crippen LogP contribution < -0.4 is 42.5 Å². The number of hydrogen-bond acceptors (Lipinski definition) is 30. The van der Waals surface area contributed by atoms with E-state index in [9.17, 15) is 50.4 Å². The molecule has 4 unspecified atom stereocenters.